The van der Waals surface area contributed by atoms with Crippen LogP contribution in [0.15, 0.2) is 36.4 Å². The monoisotopic (exact) mass is 305 g/mol. The lowest BCUT2D eigenvalue weighted by molar-refractivity contribution is -0.147. The molecule has 0 unspecified atom stereocenters. The number of carboxylic acid groups (broad SMARTS) is 1. The maximum absolute atomic E-state index is 11.7. The fourth-order valence-corrected chi connectivity index (χ4v) is 2.69. The highest BCUT2D eigenvalue weighted by Crippen LogP contribution is 2.35. The average Bonchev–Trinajstić information content (AvgIpc) is 2.91. The number of carbonyl (C=O) groups is 3. The topological polar surface area (TPSA) is 92.7 Å². The lowest BCUT2D eigenvalue weighted by Crippen LogP contribution is -2.22. The van der Waals surface area contributed by atoms with Crippen molar-refractivity contribution in [2.45, 2.75) is 0 Å². The van der Waals surface area contributed by atoms with Crippen LogP contribution < -0.4 is 5.32 Å². The summed E-state index contributed by atoms with van der Waals surface area (Å²) in [4.78, 5) is 34.5. The smallest absolute Gasteiger partial charge is 0.394 e. The van der Waals surface area contributed by atoms with Crippen LogP contribution in [-0.4, -0.2) is 30.1 Å². The Kier molecular flexibility index (Phi) is 4.34. The summed E-state index contributed by atoms with van der Waals surface area (Å²) in [6.45, 7) is 0. The first-order valence-corrected chi connectivity index (χ1v) is 6.66. The summed E-state index contributed by atoms with van der Waals surface area (Å²) in [5, 5.41) is 10.8. The minimum Gasteiger partial charge on any atom is -0.474 e. The van der Waals surface area contributed by atoms with Gasteiger partial charge in [0.1, 0.15) is 4.88 Å². The van der Waals surface area contributed by atoms with Crippen molar-refractivity contribution in [3.05, 3.63) is 41.3 Å². The second-order valence-corrected chi connectivity index (χ2v) is 5.02. The van der Waals surface area contributed by atoms with Crippen LogP contribution >= 0.6 is 11.3 Å². The van der Waals surface area contributed by atoms with E-state index >= 15 is 0 Å². The van der Waals surface area contributed by atoms with Crippen molar-refractivity contribution in [1.82, 2.24) is 0 Å². The number of esters is 1. The summed E-state index contributed by atoms with van der Waals surface area (Å²) >= 11 is 1.12. The third-order valence-corrected chi connectivity index (χ3v) is 3.77. The van der Waals surface area contributed by atoms with Gasteiger partial charge in [0.2, 0.25) is 0 Å². The number of rotatable bonds is 3. The van der Waals surface area contributed by atoms with E-state index in [0.29, 0.717) is 0 Å². The second kappa shape index (κ2) is 6.19. The zero-order valence-corrected chi connectivity index (χ0v) is 11.8. The molecule has 0 saturated heterocycles. The van der Waals surface area contributed by atoms with E-state index in [-0.39, 0.29) is 10.6 Å². The summed E-state index contributed by atoms with van der Waals surface area (Å²) < 4.78 is 4.64. The Morgan fingerprint density at radius 1 is 1.19 bits per heavy atom. The molecule has 2 rings (SSSR count). The number of benzene rings is 1. The number of amides is 1. The van der Waals surface area contributed by atoms with E-state index in [9.17, 15) is 14.4 Å². The molecule has 1 heterocycles. The molecule has 6 nitrogen and oxygen atoms in total. The number of ether oxygens (including phenoxy) is 1. The molecule has 0 saturated carbocycles. The SMILES string of the molecule is COC(=O)c1sc(-c2ccccc2)cc1NC(=O)C(=O)O. The molecule has 2 N–H and O–H groups in total. The Hall–Kier alpha value is -2.67. The van der Waals surface area contributed by atoms with Crippen LogP contribution in [0.1, 0.15) is 9.67 Å². The first-order chi connectivity index (χ1) is 10.0. The van der Waals surface area contributed by atoms with Gasteiger partial charge in [0.05, 0.1) is 12.8 Å². The number of carboxylic acids is 1. The van der Waals surface area contributed by atoms with E-state index in [2.05, 4.69) is 10.1 Å². The van der Waals surface area contributed by atoms with E-state index in [4.69, 9.17) is 5.11 Å². The van der Waals surface area contributed by atoms with Crippen molar-refractivity contribution >= 4 is 34.9 Å². The van der Waals surface area contributed by atoms with Gasteiger partial charge in [0.15, 0.2) is 0 Å². The number of nitrogens with one attached hydrogen (secondary N) is 1. The molecule has 7 heteroatoms. The van der Waals surface area contributed by atoms with Crippen molar-refractivity contribution < 1.29 is 24.2 Å². The van der Waals surface area contributed by atoms with Gasteiger partial charge in [-0.3, -0.25) is 4.79 Å². The normalized spacial score (nSPS) is 9.95. The van der Waals surface area contributed by atoms with Crippen LogP contribution in [0, 0.1) is 0 Å². The molecule has 0 atom stereocenters. The summed E-state index contributed by atoms with van der Waals surface area (Å²) in [6, 6.07) is 10.8. The third-order valence-electron chi connectivity index (χ3n) is 2.60. The Bertz CT molecular complexity index is 693. The molecule has 0 spiro atoms. The number of carbonyl (C=O) groups excluding carboxylic acids is 2. The lowest BCUT2D eigenvalue weighted by Gasteiger charge is -2.01. The number of anilines is 1. The quantitative estimate of drug-likeness (QED) is 0.670. The summed E-state index contributed by atoms with van der Waals surface area (Å²) in [5.74, 6) is -3.47. The fourth-order valence-electron chi connectivity index (χ4n) is 1.65. The van der Waals surface area contributed by atoms with E-state index in [0.717, 1.165) is 21.8 Å². The Morgan fingerprint density at radius 3 is 2.43 bits per heavy atom. The van der Waals surface area contributed by atoms with Crippen LogP contribution in [-0.2, 0) is 14.3 Å². The molecular weight excluding hydrogens is 294 g/mol. The molecule has 0 bridgehead atoms. The predicted octanol–water partition coefficient (Wildman–Crippen LogP) is 2.22. The molecule has 0 aliphatic heterocycles. The Morgan fingerprint density at radius 2 is 1.86 bits per heavy atom. The van der Waals surface area contributed by atoms with Crippen molar-refractivity contribution in [1.29, 1.82) is 0 Å². The largest absolute Gasteiger partial charge is 0.474 e. The van der Waals surface area contributed by atoms with E-state index in [1.54, 1.807) is 6.07 Å². The highest BCUT2D eigenvalue weighted by molar-refractivity contribution is 7.18. The number of aliphatic carboxylic acids is 1. The fraction of sp³-hybridized carbons (Fsp3) is 0.0714. The molecule has 1 aromatic carbocycles. The molecular formula is C14H11NO5S. The predicted molar refractivity (Wildman–Crippen MR) is 77.4 cm³/mol. The highest BCUT2D eigenvalue weighted by Gasteiger charge is 2.21. The van der Waals surface area contributed by atoms with E-state index in [1.807, 2.05) is 30.3 Å². The number of thiophene rings is 1. The second-order valence-electron chi connectivity index (χ2n) is 3.97. The third kappa shape index (κ3) is 3.26. The maximum atomic E-state index is 11.7. The molecule has 0 aliphatic rings. The average molecular weight is 305 g/mol. The van der Waals surface area contributed by atoms with Crippen LogP contribution in [0.2, 0.25) is 0 Å². The molecule has 0 fully saturated rings. The minimum atomic E-state index is -1.63. The number of methoxy groups -OCH3 is 1. The zero-order chi connectivity index (χ0) is 15.4. The molecule has 108 valence electrons. The molecule has 0 aliphatic carbocycles. The van der Waals surface area contributed by atoms with Gasteiger partial charge in [-0.25, -0.2) is 9.59 Å². The number of hydrogen-bond acceptors (Lipinski definition) is 5. The summed E-state index contributed by atoms with van der Waals surface area (Å²) in [5.41, 5.74) is 0.974. The van der Waals surface area contributed by atoms with Gasteiger partial charge < -0.3 is 15.2 Å². The molecule has 1 amide bonds. The van der Waals surface area contributed by atoms with Crippen LogP contribution in [0.3, 0.4) is 0 Å². The summed E-state index contributed by atoms with van der Waals surface area (Å²) in [7, 11) is 1.22. The van der Waals surface area contributed by atoms with E-state index in [1.165, 1.54) is 7.11 Å². The molecule has 2 aromatic rings. The van der Waals surface area contributed by atoms with Gasteiger partial charge in [-0.05, 0) is 11.6 Å². The van der Waals surface area contributed by atoms with Gasteiger partial charge in [0, 0.05) is 4.88 Å². The Labute approximate surface area is 124 Å². The van der Waals surface area contributed by atoms with Crippen molar-refractivity contribution in [2.75, 3.05) is 12.4 Å². The maximum Gasteiger partial charge on any atom is 0.394 e. The first kappa shape index (κ1) is 14.7. The van der Waals surface area contributed by atoms with E-state index < -0.39 is 17.8 Å². The van der Waals surface area contributed by atoms with Gasteiger partial charge in [0.25, 0.3) is 0 Å². The van der Waals surface area contributed by atoms with Crippen LogP contribution in [0.4, 0.5) is 5.69 Å². The highest BCUT2D eigenvalue weighted by atomic mass is 32.1. The lowest BCUT2D eigenvalue weighted by atomic mass is 10.2. The summed E-state index contributed by atoms with van der Waals surface area (Å²) in [6.07, 6.45) is 0. The zero-order valence-electron chi connectivity index (χ0n) is 11.0. The molecule has 1 aromatic heterocycles. The number of hydrogen-bond donors (Lipinski definition) is 2. The Balaban J connectivity index is 2.43. The standard InChI is InChI=1S/C14H11NO5S/c1-20-14(19)11-9(15-12(16)13(17)18)7-10(21-11)8-5-3-2-4-6-8/h2-7H,1H3,(H,15,16)(H,17,18). The van der Waals surface area contributed by atoms with Crippen LogP contribution in [0.25, 0.3) is 10.4 Å². The van der Waals surface area contributed by atoms with Crippen molar-refractivity contribution in [3.63, 3.8) is 0 Å². The van der Waals surface area contributed by atoms with Crippen molar-refractivity contribution in [2.24, 2.45) is 0 Å². The van der Waals surface area contributed by atoms with Crippen LogP contribution in [0.5, 0.6) is 0 Å². The van der Waals surface area contributed by atoms with Gasteiger partial charge in [-0.2, -0.15) is 0 Å². The van der Waals surface area contributed by atoms with Gasteiger partial charge in [-0.15, -0.1) is 11.3 Å². The van der Waals surface area contributed by atoms with Gasteiger partial charge in [-0.1, -0.05) is 30.3 Å². The first-order valence-electron chi connectivity index (χ1n) is 5.84. The van der Waals surface area contributed by atoms with Crippen molar-refractivity contribution in [3.8, 4) is 10.4 Å². The minimum absolute atomic E-state index is 0.123. The molecule has 21 heavy (non-hydrogen) atoms. The molecule has 0 radical (unpaired) electrons. The van der Waals surface area contributed by atoms with Gasteiger partial charge >= 0.3 is 17.8 Å².